The lowest BCUT2D eigenvalue weighted by molar-refractivity contribution is -0.117. The zero-order valence-corrected chi connectivity index (χ0v) is 11.9. The van der Waals surface area contributed by atoms with E-state index in [1.54, 1.807) is 6.07 Å². The second kappa shape index (κ2) is 7.85. The highest BCUT2D eigenvalue weighted by Gasteiger charge is 2.08. The molecule has 1 aromatic rings. The van der Waals surface area contributed by atoms with Crippen molar-refractivity contribution < 1.29 is 4.79 Å². The van der Waals surface area contributed by atoms with Crippen LogP contribution in [0.25, 0.3) is 0 Å². The van der Waals surface area contributed by atoms with E-state index in [9.17, 15) is 4.79 Å². The summed E-state index contributed by atoms with van der Waals surface area (Å²) in [6, 6.07) is 7.41. The fourth-order valence-electron chi connectivity index (χ4n) is 1.57. The van der Waals surface area contributed by atoms with Crippen molar-refractivity contribution in [3.8, 4) is 6.07 Å². The molecule has 0 aliphatic carbocycles. The first kappa shape index (κ1) is 15.6. The van der Waals surface area contributed by atoms with Crippen LogP contribution in [0.5, 0.6) is 0 Å². The Bertz CT molecular complexity index is 543. The van der Waals surface area contributed by atoms with Crippen molar-refractivity contribution in [2.75, 3.05) is 17.6 Å². The third-order valence-electron chi connectivity index (χ3n) is 2.76. The molecule has 0 saturated heterocycles. The van der Waals surface area contributed by atoms with E-state index >= 15 is 0 Å². The Labute approximate surface area is 119 Å². The smallest absolute Gasteiger partial charge is 0.263 e. The number of unbranched alkanes of at least 4 members (excludes halogenated alkanes) is 1. The minimum atomic E-state index is -0.375. The minimum absolute atomic E-state index is 0.0296. The van der Waals surface area contributed by atoms with Gasteiger partial charge in [0.1, 0.15) is 11.6 Å². The maximum absolute atomic E-state index is 11.7. The highest BCUT2D eigenvalue weighted by atomic mass is 16.1. The fourth-order valence-corrected chi connectivity index (χ4v) is 1.57. The van der Waals surface area contributed by atoms with Crippen LogP contribution >= 0.6 is 0 Å². The Kier molecular flexibility index (Phi) is 6.11. The van der Waals surface area contributed by atoms with Crippen LogP contribution in [0.15, 0.2) is 30.0 Å². The number of benzene rings is 1. The molecule has 5 heteroatoms. The van der Waals surface area contributed by atoms with Gasteiger partial charge in [-0.15, -0.1) is 0 Å². The fraction of sp³-hybridized carbons (Fsp3) is 0.333. The number of anilines is 2. The lowest BCUT2D eigenvalue weighted by atomic mass is 10.2. The van der Waals surface area contributed by atoms with Crippen molar-refractivity contribution in [1.82, 2.24) is 5.32 Å². The van der Waals surface area contributed by atoms with Gasteiger partial charge in [0.25, 0.3) is 5.91 Å². The van der Waals surface area contributed by atoms with E-state index in [4.69, 9.17) is 11.0 Å². The van der Waals surface area contributed by atoms with Crippen molar-refractivity contribution in [1.29, 1.82) is 5.26 Å². The number of nitrogens with one attached hydrogen (secondary N) is 2. The Morgan fingerprint density at radius 1 is 1.50 bits per heavy atom. The molecule has 0 spiro atoms. The van der Waals surface area contributed by atoms with Crippen molar-refractivity contribution in [2.24, 2.45) is 0 Å². The molecular formula is C15H20N4O. The number of hydrogen-bond donors (Lipinski definition) is 3. The van der Waals surface area contributed by atoms with Gasteiger partial charge in [0.05, 0.1) is 11.4 Å². The Morgan fingerprint density at radius 2 is 2.25 bits per heavy atom. The van der Waals surface area contributed by atoms with Crippen LogP contribution < -0.4 is 16.4 Å². The SMILES string of the molecule is CCCCNC(=O)/C(C#N)=C\Nc1cc(C)ccc1N. The third-order valence-corrected chi connectivity index (χ3v) is 2.76. The summed E-state index contributed by atoms with van der Waals surface area (Å²) >= 11 is 0. The predicted molar refractivity (Wildman–Crippen MR) is 80.8 cm³/mol. The molecule has 5 nitrogen and oxygen atoms in total. The topological polar surface area (TPSA) is 90.9 Å². The van der Waals surface area contributed by atoms with Crippen LogP contribution in [0.3, 0.4) is 0 Å². The molecule has 106 valence electrons. The number of amides is 1. The second-order valence-electron chi connectivity index (χ2n) is 4.51. The number of nitriles is 1. The number of hydrogen-bond acceptors (Lipinski definition) is 4. The number of aryl methyl sites for hydroxylation is 1. The molecule has 0 aliphatic heterocycles. The largest absolute Gasteiger partial charge is 0.397 e. The zero-order valence-electron chi connectivity index (χ0n) is 11.9. The summed E-state index contributed by atoms with van der Waals surface area (Å²) in [5.41, 5.74) is 8.13. The summed E-state index contributed by atoms with van der Waals surface area (Å²) < 4.78 is 0. The van der Waals surface area contributed by atoms with Crippen molar-refractivity contribution in [2.45, 2.75) is 26.7 Å². The number of nitrogen functional groups attached to an aromatic ring is 1. The highest BCUT2D eigenvalue weighted by Crippen LogP contribution is 2.19. The summed E-state index contributed by atoms with van der Waals surface area (Å²) in [5, 5.41) is 14.6. The summed E-state index contributed by atoms with van der Waals surface area (Å²) in [6.07, 6.45) is 3.26. The predicted octanol–water partition coefficient (Wildman–Crippen LogP) is 2.31. The highest BCUT2D eigenvalue weighted by molar-refractivity contribution is 5.97. The molecule has 0 fully saturated rings. The lowest BCUT2D eigenvalue weighted by Crippen LogP contribution is -2.25. The average molecular weight is 272 g/mol. The van der Waals surface area contributed by atoms with E-state index in [1.165, 1.54) is 6.20 Å². The summed E-state index contributed by atoms with van der Waals surface area (Å²) in [7, 11) is 0. The molecule has 0 bridgehead atoms. The molecule has 1 rings (SSSR count). The first-order valence-corrected chi connectivity index (χ1v) is 6.59. The van der Waals surface area contributed by atoms with E-state index in [1.807, 2.05) is 32.0 Å². The molecule has 4 N–H and O–H groups in total. The van der Waals surface area contributed by atoms with Gasteiger partial charge in [-0.2, -0.15) is 5.26 Å². The molecule has 0 saturated carbocycles. The zero-order chi connectivity index (χ0) is 15.0. The Morgan fingerprint density at radius 3 is 2.90 bits per heavy atom. The van der Waals surface area contributed by atoms with E-state index in [0.29, 0.717) is 17.9 Å². The van der Waals surface area contributed by atoms with Gasteiger partial charge in [-0.1, -0.05) is 19.4 Å². The lowest BCUT2D eigenvalue weighted by Gasteiger charge is -2.07. The first-order chi connectivity index (χ1) is 9.58. The van der Waals surface area contributed by atoms with Crippen molar-refractivity contribution in [3.63, 3.8) is 0 Å². The normalized spacial score (nSPS) is 10.8. The van der Waals surface area contributed by atoms with Crippen LogP contribution in [0.1, 0.15) is 25.3 Å². The molecular weight excluding hydrogens is 252 g/mol. The van der Waals surface area contributed by atoms with Gasteiger partial charge in [0.2, 0.25) is 0 Å². The standard InChI is InChI=1S/C15H20N4O/c1-3-4-7-18-15(20)12(9-16)10-19-14-8-11(2)5-6-13(14)17/h5-6,8,10,19H,3-4,7,17H2,1-2H3,(H,18,20)/b12-10-. The van der Waals surface area contributed by atoms with Crippen LogP contribution in [-0.4, -0.2) is 12.5 Å². The van der Waals surface area contributed by atoms with Gasteiger partial charge >= 0.3 is 0 Å². The number of nitrogens with two attached hydrogens (primary N) is 1. The number of nitrogens with zero attached hydrogens (tertiary/aromatic N) is 1. The number of carbonyl (C=O) groups is 1. The van der Waals surface area contributed by atoms with Gasteiger partial charge in [-0.05, 0) is 31.0 Å². The monoisotopic (exact) mass is 272 g/mol. The summed E-state index contributed by atoms with van der Waals surface area (Å²) in [4.78, 5) is 11.7. The Balaban J connectivity index is 2.73. The third kappa shape index (κ3) is 4.65. The molecule has 20 heavy (non-hydrogen) atoms. The Hall–Kier alpha value is -2.48. The van der Waals surface area contributed by atoms with E-state index in [2.05, 4.69) is 10.6 Å². The molecule has 0 radical (unpaired) electrons. The molecule has 0 heterocycles. The van der Waals surface area contributed by atoms with Crippen LogP contribution in [0.2, 0.25) is 0 Å². The van der Waals surface area contributed by atoms with Crippen LogP contribution in [0.4, 0.5) is 11.4 Å². The average Bonchev–Trinajstić information content (AvgIpc) is 2.43. The van der Waals surface area contributed by atoms with E-state index < -0.39 is 0 Å². The van der Waals surface area contributed by atoms with Crippen LogP contribution in [0, 0.1) is 18.3 Å². The molecule has 1 amide bonds. The first-order valence-electron chi connectivity index (χ1n) is 6.59. The molecule has 0 atom stereocenters. The number of carbonyl (C=O) groups excluding carboxylic acids is 1. The van der Waals surface area contributed by atoms with Gasteiger partial charge in [0, 0.05) is 12.7 Å². The van der Waals surface area contributed by atoms with Gasteiger partial charge in [0.15, 0.2) is 0 Å². The second-order valence-corrected chi connectivity index (χ2v) is 4.51. The van der Waals surface area contributed by atoms with Gasteiger partial charge in [-0.3, -0.25) is 4.79 Å². The molecule has 0 aromatic heterocycles. The van der Waals surface area contributed by atoms with Crippen molar-refractivity contribution >= 4 is 17.3 Å². The maximum Gasteiger partial charge on any atom is 0.263 e. The number of rotatable bonds is 6. The maximum atomic E-state index is 11.7. The minimum Gasteiger partial charge on any atom is -0.397 e. The summed E-state index contributed by atoms with van der Waals surface area (Å²) in [6.45, 7) is 4.55. The van der Waals surface area contributed by atoms with Gasteiger partial charge < -0.3 is 16.4 Å². The van der Waals surface area contributed by atoms with Crippen molar-refractivity contribution in [3.05, 3.63) is 35.5 Å². The summed E-state index contributed by atoms with van der Waals surface area (Å²) in [5.74, 6) is -0.375. The van der Waals surface area contributed by atoms with E-state index in [-0.39, 0.29) is 11.5 Å². The molecule has 0 aliphatic rings. The van der Waals surface area contributed by atoms with Crippen LogP contribution in [-0.2, 0) is 4.79 Å². The molecule has 0 unspecified atom stereocenters. The molecule has 1 aromatic carbocycles. The van der Waals surface area contributed by atoms with E-state index in [0.717, 1.165) is 18.4 Å². The van der Waals surface area contributed by atoms with Gasteiger partial charge in [-0.25, -0.2) is 0 Å². The quantitative estimate of drug-likeness (QED) is 0.321.